The number of aromatic nitrogens is 2. The van der Waals surface area contributed by atoms with Crippen molar-refractivity contribution in [2.24, 2.45) is 0 Å². The molecule has 28 heavy (non-hydrogen) atoms. The van der Waals surface area contributed by atoms with Gasteiger partial charge in [-0.1, -0.05) is 42.5 Å². The van der Waals surface area contributed by atoms with Crippen molar-refractivity contribution in [1.82, 2.24) is 14.5 Å². The van der Waals surface area contributed by atoms with E-state index in [1.54, 1.807) is 0 Å². The van der Waals surface area contributed by atoms with Crippen molar-refractivity contribution >= 4 is 0 Å². The second kappa shape index (κ2) is 7.87. The first-order chi connectivity index (χ1) is 13.7. The van der Waals surface area contributed by atoms with E-state index in [4.69, 9.17) is 5.26 Å². The molecule has 0 bridgehead atoms. The lowest BCUT2D eigenvalue weighted by Gasteiger charge is -2.33. The predicted octanol–water partition coefficient (Wildman–Crippen LogP) is 3.86. The highest BCUT2D eigenvalue weighted by atomic mass is 16.1. The largest absolute Gasteiger partial charge is 0.326 e. The Morgan fingerprint density at radius 1 is 1.11 bits per heavy atom. The number of nitrogens with one attached hydrogen (secondary N) is 1. The summed E-state index contributed by atoms with van der Waals surface area (Å²) in [4.78, 5) is 18.0. The molecule has 2 heterocycles. The van der Waals surface area contributed by atoms with Gasteiger partial charge in [0.1, 0.15) is 0 Å². The van der Waals surface area contributed by atoms with E-state index in [2.05, 4.69) is 34.2 Å². The van der Waals surface area contributed by atoms with E-state index >= 15 is 0 Å². The van der Waals surface area contributed by atoms with Gasteiger partial charge < -0.3 is 4.98 Å². The van der Waals surface area contributed by atoms with Crippen LogP contribution in [0.15, 0.2) is 59.4 Å². The normalized spacial score (nSPS) is 15.4. The van der Waals surface area contributed by atoms with E-state index in [-0.39, 0.29) is 11.7 Å². The molecule has 0 aliphatic carbocycles. The maximum absolute atomic E-state index is 12.6. The molecule has 0 atom stereocenters. The summed E-state index contributed by atoms with van der Waals surface area (Å²) in [6, 6.07) is 20.3. The fraction of sp³-hybridized carbons (Fsp3) is 0.304. The highest BCUT2D eigenvalue weighted by molar-refractivity contribution is 5.62. The van der Waals surface area contributed by atoms with Gasteiger partial charge in [-0.15, -0.1) is 0 Å². The first-order valence-electron chi connectivity index (χ1n) is 9.73. The zero-order valence-electron chi connectivity index (χ0n) is 16.1. The van der Waals surface area contributed by atoms with E-state index in [1.165, 1.54) is 0 Å². The standard InChI is InChI=1S/C23H24N4O/c1-17-22(20-8-3-2-4-9-20)27(23(28)25-17)21-10-12-26(13-11-21)16-19-7-5-6-18(14-19)15-24/h2-9,14,21H,10-13,16H2,1H3,(H,25,28). The average Bonchev–Trinajstić information content (AvgIpc) is 3.03. The van der Waals surface area contributed by atoms with Crippen molar-refractivity contribution in [3.8, 4) is 17.3 Å². The number of likely N-dealkylation sites (tertiary alicyclic amines) is 1. The quantitative estimate of drug-likeness (QED) is 0.756. The van der Waals surface area contributed by atoms with Crippen molar-refractivity contribution in [2.45, 2.75) is 32.4 Å². The van der Waals surface area contributed by atoms with Gasteiger partial charge in [0.15, 0.2) is 0 Å². The smallest absolute Gasteiger partial charge is 0.309 e. The first-order valence-corrected chi connectivity index (χ1v) is 9.73. The number of rotatable bonds is 4. The van der Waals surface area contributed by atoms with Gasteiger partial charge in [-0.25, -0.2) is 4.79 Å². The van der Waals surface area contributed by atoms with Crippen molar-refractivity contribution in [3.05, 3.63) is 81.9 Å². The number of nitrogens with zero attached hydrogens (tertiary/aromatic N) is 3. The number of hydrogen-bond donors (Lipinski definition) is 1. The molecule has 1 aliphatic rings. The highest BCUT2D eigenvalue weighted by Gasteiger charge is 2.25. The molecule has 1 fully saturated rings. The van der Waals surface area contributed by atoms with Crippen LogP contribution in [0.5, 0.6) is 0 Å². The van der Waals surface area contributed by atoms with Gasteiger partial charge in [0.2, 0.25) is 0 Å². The Kier molecular flexibility index (Phi) is 5.14. The Morgan fingerprint density at radius 3 is 2.57 bits per heavy atom. The second-order valence-electron chi connectivity index (χ2n) is 7.46. The van der Waals surface area contributed by atoms with E-state index in [9.17, 15) is 4.79 Å². The number of H-pyrrole nitrogens is 1. The lowest BCUT2D eigenvalue weighted by Crippen LogP contribution is -2.36. The first kappa shape index (κ1) is 18.3. The van der Waals surface area contributed by atoms with Gasteiger partial charge in [0.05, 0.1) is 17.3 Å². The minimum Gasteiger partial charge on any atom is -0.309 e. The third-order valence-electron chi connectivity index (χ3n) is 5.54. The minimum absolute atomic E-state index is 0.0171. The van der Waals surface area contributed by atoms with Gasteiger partial charge >= 0.3 is 5.69 Å². The summed E-state index contributed by atoms with van der Waals surface area (Å²) >= 11 is 0. The predicted molar refractivity (Wildman–Crippen MR) is 110 cm³/mol. The summed E-state index contributed by atoms with van der Waals surface area (Å²) in [5.74, 6) is 0. The summed E-state index contributed by atoms with van der Waals surface area (Å²) in [5.41, 5.74) is 4.86. The van der Waals surface area contributed by atoms with Crippen molar-refractivity contribution in [1.29, 1.82) is 5.26 Å². The molecule has 0 unspecified atom stereocenters. The van der Waals surface area contributed by atoms with Crippen LogP contribution in [0.2, 0.25) is 0 Å². The van der Waals surface area contributed by atoms with Gasteiger partial charge in [0, 0.05) is 36.9 Å². The van der Waals surface area contributed by atoms with Crippen LogP contribution < -0.4 is 5.69 Å². The number of benzene rings is 2. The molecule has 1 aliphatic heterocycles. The van der Waals surface area contributed by atoms with Crippen molar-refractivity contribution in [2.75, 3.05) is 13.1 Å². The van der Waals surface area contributed by atoms with Crippen LogP contribution in [0, 0.1) is 18.3 Å². The number of hydrogen-bond acceptors (Lipinski definition) is 3. The summed E-state index contributed by atoms with van der Waals surface area (Å²) in [5, 5.41) is 9.08. The second-order valence-corrected chi connectivity index (χ2v) is 7.46. The Hall–Kier alpha value is -3.10. The summed E-state index contributed by atoms with van der Waals surface area (Å²) in [6.07, 6.45) is 1.88. The zero-order valence-corrected chi connectivity index (χ0v) is 16.1. The maximum Gasteiger partial charge on any atom is 0.326 e. The Morgan fingerprint density at radius 2 is 1.86 bits per heavy atom. The molecule has 0 saturated carbocycles. The van der Waals surface area contributed by atoms with Crippen molar-refractivity contribution in [3.63, 3.8) is 0 Å². The molecule has 0 spiro atoms. The number of imidazole rings is 1. The molecule has 142 valence electrons. The molecule has 1 saturated heterocycles. The Labute approximate surface area is 164 Å². The topological polar surface area (TPSA) is 64.8 Å². The SMILES string of the molecule is Cc1[nH]c(=O)n(C2CCN(Cc3cccc(C#N)c3)CC2)c1-c1ccccc1. The minimum atomic E-state index is -0.0171. The summed E-state index contributed by atoms with van der Waals surface area (Å²) in [6.45, 7) is 4.69. The third kappa shape index (κ3) is 3.64. The number of aromatic amines is 1. The average molecular weight is 372 g/mol. The Balaban J connectivity index is 1.50. The lowest BCUT2D eigenvalue weighted by atomic mass is 10.0. The fourth-order valence-electron chi connectivity index (χ4n) is 4.20. The highest BCUT2D eigenvalue weighted by Crippen LogP contribution is 2.29. The maximum atomic E-state index is 12.6. The molecule has 5 heteroatoms. The van der Waals surface area contributed by atoms with Crippen LogP contribution in [-0.4, -0.2) is 27.5 Å². The van der Waals surface area contributed by atoms with E-state index in [1.807, 2.05) is 47.9 Å². The van der Waals surface area contributed by atoms with Crippen LogP contribution in [0.25, 0.3) is 11.3 Å². The Bertz CT molecular complexity index is 1050. The van der Waals surface area contributed by atoms with E-state index < -0.39 is 0 Å². The number of nitriles is 1. The van der Waals surface area contributed by atoms with E-state index in [0.717, 1.165) is 55.0 Å². The zero-order chi connectivity index (χ0) is 19.5. The molecule has 4 rings (SSSR count). The third-order valence-corrected chi connectivity index (χ3v) is 5.54. The van der Waals surface area contributed by atoms with Gasteiger partial charge in [-0.3, -0.25) is 9.47 Å². The monoisotopic (exact) mass is 372 g/mol. The number of piperidine rings is 1. The van der Waals surface area contributed by atoms with Crippen LogP contribution >= 0.6 is 0 Å². The van der Waals surface area contributed by atoms with Gasteiger partial charge in [-0.05, 0) is 37.5 Å². The number of aryl methyl sites for hydroxylation is 1. The van der Waals surface area contributed by atoms with Gasteiger partial charge in [-0.2, -0.15) is 5.26 Å². The molecule has 1 aromatic heterocycles. The molecule has 2 aromatic carbocycles. The fourth-order valence-corrected chi connectivity index (χ4v) is 4.20. The molecule has 1 N–H and O–H groups in total. The summed E-state index contributed by atoms with van der Waals surface area (Å²) in [7, 11) is 0. The summed E-state index contributed by atoms with van der Waals surface area (Å²) < 4.78 is 1.96. The lowest BCUT2D eigenvalue weighted by molar-refractivity contribution is 0.178. The van der Waals surface area contributed by atoms with Crippen LogP contribution in [0.1, 0.15) is 35.7 Å². The molecular formula is C23H24N4O. The van der Waals surface area contributed by atoms with Gasteiger partial charge in [0.25, 0.3) is 0 Å². The van der Waals surface area contributed by atoms with Crippen LogP contribution in [0.3, 0.4) is 0 Å². The van der Waals surface area contributed by atoms with E-state index in [0.29, 0.717) is 5.56 Å². The molecule has 0 amide bonds. The molecule has 5 nitrogen and oxygen atoms in total. The molecule has 0 radical (unpaired) electrons. The van der Waals surface area contributed by atoms with Crippen LogP contribution in [0.4, 0.5) is 0 Å². The molecule has 3 aromatic rings. The molecular weight excluding hydrogens is 348 g/mol. The van der Waals surface area contributed by atoms with Crippen LogP contribution in [-0.2, 0) is 6.54 Å². The van der Waals surface area contributed by atoms with Crippen molar-refractivity contribution < 1.29 is 0 Å².